The minimum Gasteiger partial charge on any atom is -0.380 e. The van der Waals surface area contributed by atoms with E-state index in [0.717, 1.165) is 38.8 Å². The highest BCUT2D eigenvalue weighted by Gasteiger charge is 2.32. The molecule has 0 spiro atoms. The predicted octanol–water partition coefficient (Wildman–Crippen LogP) is 2.50. The quantitative estimate of drug-likeness (QED) is 0.678. The van der Waals surface area contributed by atoms with Gasteiger partial charge in [0.05, 0.1) is 6.61 Å². The van der Waals surface area contributed by atoms with Gasteiger partial charge in [-0.3, -0.25) is 4.90 Å². The molecule has 1 aliphatic carbocycles. The molecule has 3 nitrogen and oxygen atoms in total. The standard InChI is InChI=1S/C15H32N2O/c1-4-13-7-8-14(12-16)15(11-13)17(5-2)9-10-18-6-3/h13-15H,4-12,16H2,1-3H3. The lowest BCUT2D eigenvalue weighted by molar-refractivity contribution is 0.0500. The molecule has 0 aromatic heterocycles. The van der Waals surface area contributed by atoms with Crippen molar-refractivity contribution in [3.63, 3.8) is 0 Å². The minimum absolute atomic E-state index is 0.680. The van der Waals surface area contributed by atoms with Gasteiger partial charge in [0.25, 0.3) is 0 Å². The molecular formula is C15H32N2O. The Morgan fingerprint density at radius 2 is 2.00 bits per heavy atom. The maximum absolute atomic E-state index is 5.97. The summed E-state index contributed by atoms with van der Waals surface area (Å²) in [6.45, 7) is 11.3. The van der Waals surface area contributed by atoms with E-state index in [1.165, 1.54) is 25.7 Å². The van der Waals surface area contributed by atoms with Crippen molar-refractivity contribution in [1.29, 1.82) is 0 Å². The van der Waals surface area contributed by atoms with Gasteiger partial charge in [0.15, 0.2) is 0 Å². The third kappa shape index (κ3) is 4.52. The van der Waals surface area contributed by atoms with Crippen LogP contribution in [0, 0.1) is 11.8 Å². The van der Waals surface area contributed by atoms with Crippen molar-refractivity contribution in [1.82, 2.24) is 4.90 Å². The zero-order valence-electron chi connectivity index (χ0n) is 12.5. The molecule has 0 aromatic rings. The van der Waals surface area contributed by atoms with Gasteiger partial charge in [-0.1, -0.05) is 26.7 Å². The smallest absolute Gasteiger partial charge is 0.0593 e. The molecule has 1 saturated carbocycles. The molecule has 1 fully saturated rings. The van der Waals surface area contributed by atoms with E-state index < -0.39 is 0 Å². The molecule has 3 unspecified atom stereocenters. The Morgan fingerprint density at radius 3 is 2.56 bits per heavy atom. The number of nitrogens with zero attached hydrogens (tertiary/aromatic N) is 1. The molecule has 1 rings (SSSR count). The van der Waals surface area contributed by atoms with E-state index in [-0.39, 0.29) is 0 Å². The highest BCUT2D eigenvalue weighted by molar-refractivity contribution is 4.86. The third-order valence-corrected chi connectivity index (χ3v) is 4.55. The Labute approximate surface area is 113 Å². The van der Waals surface area contributed by atoms with Gasteiger partial charge in [0.2, 0.25) is 0 Å². The SMILES string of the molecule is CCOCCN(CC)C1CC(CC)CCC1CN. The van der Waals surface area contributed by atoms with Crippen LogP contribution in [0.4, 0.5) is 0 Å². The fraction of sp³-hybridized carbons (Fsp3) is 1.00. The molecule has 0 saturated heterocycles. The number of rotatable bonds is 8. The maximum atomic E-state index is 5.97. The third-order valence-electron chi connectivity index (χ3n) is 4.55. The second-order valence-electron chi connectivity index (χ2n) is 5.48. The van der Waals surface area contributed by atoms with E-state index in [1.54, 1.807) is 0 Å². The van der Waals surface area contributed by atoms with Crippen LogP contribution in [0.3, 0.4) is 0 Å². The maximum Gasteiger partial charge on any atom is 0.0593 e. The van der Waals surface area contributed by atoms with Crippen LogP contribution in [0.5, 0.6) is 0 Å². The first kappa shape index (κ1) is 15.9. The van der Waals surface area contributed by atoms with E-state index in [2.05, 4.69) is 25.7 Å². The first-order valence-corrected chi connectivity index (χ1v) is 7.78. The van der Waals surface area contributed by atoms with E-state index in [1.807, 2.05) is 0 Å². The van der Waals surface area contributed by atoms with Crippen LogP contribution >= 0.6 is 0 Å². The number of nitrogens with two attached hydrogens (primary N) is 1. The minimum atomic E-state index is 0.680. The molecule has 0 aliphatic heterocycles. The fourth-order valence-electron chi connectivity index (χ4n) is 3.27. The van der Waals surface area contributed by atoms with Gasteiger partial charge in [-0.25, -0.2) is 0 Å². The monoisotopic (exact) mass is 256 g/mol. The summed E-state index contributed by atoms with van der Waals surface area (Å²) in [5.41, 5.74) is 5.97. The van der Waals surface area contributed by atoms with Crippen LogP contribution in [0.1, 0.15) is 46.5 Å². The highest BCUT2D eigenvalue weighted by atomic mass is 16.5. The van der Waals surface area contributed by atoms with Gasteiger partial charge >= 0.3 is 0 Å². The zero-order valence-corrected chi connectivity index (χ0v) is 12.5. The summed E-state index contributed by atoms with van der Waals surface area (Å²) in [5, 5.41) is 0. The predicted molar refractivity (Wildman–Crippen MR) is 77.7 cm³/mol. The van der Waals surface area contributed by atoms with E-state index in [4.69, 9.17) is 10.5 Å². The van der Waals surface area contributed by atoms with Crippen LogP contribution in [0.25, 0.3) is 0 Å². The Morgan fingerprint density at radius 1 is 1.22 bits per heavy atom. The summed E-state index contributed by atoms with van der Waals surface area (Å²) in [5.74, 6) is 1.59. The summed E-state index contributed by atoms with van der Waals surface area (Å²) < 4.78 is 5.51. The number of hydrogen-bond donors (Lipinski definition) is 1. The Hall–Kier alpha value is -0.120. The summed E-state index contributed by atoms with van der Waals surface area (Å²) >= 11 is 0. The summed E-state index contributed by atoms with van der Waals surface area (Å²) in [4.78, 5) is 2.59. The van der Waals surface area contributed by atoms with Crippen molar-refractivity contribution >= 4 is 0 Å². The lowest BCUT2D eigenvalue weighted by Crippen LogP contribution is -2.48. The molecular weight excluding hydrogens is 224 g/mol. The first-order chi connectivity index (χ1) is 8.76. The van der Waals surface area contributed by atoms with E-state index in [0.29, 0.717) is 12.0 Å². The van der Waals surface area contributed by atoms with Crippen molar-refractivity contribution in [2.24, 2.45) is 17.6 Å². The van der Waals surface area contributed by atoms with Crippen molar-refractivity contribution in [2.45, 2.75) is 52.5 Å². The van der Waals surface area contributed by atoms with E-state index >= 15 is 0 Å². The molecule has 3 heteroatoms. The van der Waals surface area contributed by atoms with Crippen LogP contribution in [-0.2, 0) is 4.74 Å². The fourth-order valence-corrected chi connectivity index (χ4v) is 3.27. The Kier molecular flexibility index (Phi) is 7.87. The van der Waals surface area contributed by atoms with Gasteiger partial charge in [-0.05, 0) is 44.7 Å². The number of hydrogen-bond acceptors (Lipinski definition) is 3. The number of ether oxygens (including phenoxy) is 1. The van der Waals surface area contributed by atoms with Crippen molar-refractivity contribution in [2.75, 3.05) is 32.8 Å². The van der Waals surface area contributed by atoms with Gasteiger partial charge < -0.3 is 10.5 Å². The Balaban J connectivity index is 2.54. The molecule has 0 radical (unpaired) electrons. The van der Waals surface area contributed by atoms with Crippen LogP contribution in [-0.4, -0.2) is 43.8 Å². The normalized spacial score (nSPS) is 28.8. The van der Waals surface area contributed by atoms with Gasteiger partial charge in [-0.15, -0.1) is 0 Å². The van der Waals surface area contributed by atoms with Crippen LogP contribution < -0.4 is 5.73 Å². The molecule has 2 N–H and O–H groups in total. The van der Waals surface area contributed by atoms with Gasteiger partial charge in [-0.2, -0.15) is 0 Å². The van der Waals surface area contributed by atoms with Gasteiger partial charge in [0, 0.05) is 19.2 Å². The number of likely N-dealkylation sites (N-methyl/N-ethyl adjacent to an activating group) is 1. The molecule has 3 atom stereocenters. The molecule has 0 bridgehead atoms. The molecule has 18 heavy (non-hydrogen) atoms. The first-order valence-electron chi connectivity index (χ1n) is 7.78. The van der Waals surface area contributed by atoms with Gasteiger partial charge in [0.1, 0.15) is 0 Å². The highest BCUT2D eigenvalue weighted by Crippen LogP contribution is 2.33. The average Bonchev–Trinajstić information content (AvgIpc) is 2.43. The van der Waals surface area contributed by atoms with Crippen molar-refractivity contribution in [3.8, 4) is 0 Å². The second kappa shape index (κ2) is 8.89. The van der Waals surface area contributed by atoms with E-state index in [9.17, 15) is 0 Å². The summed E-state index contributed by atoms with van der Waals surface area (Å²) in [6.07, 6.45) is 5.33. The summed E-state index contributed by atoms with van der Waals surface area (Å²) in [7, 11) is 0. The Bertz CT molecular complexity index is 211. The molecule has 1 aliphatic rings. The van der Waals surface area contributed by atoms with Crippen LogP contribution in [0.15, 0.2) is 0 Å². The second-order valence-corrected chi connectivity index (χ2v) is 5.48. The summed E-state index contributed by atoms with van der Waals surface area (Å²) in [6, 6.07) is 0.680. The lowest BCUT2D eigenvalue weighted by Gasteiger charge is -2.42. The van der Waals surface area contributed by atoms with Crippen molar-refractivity contribution < 1.29 is 4.74 Å². The topological polar surface area (TPSA) is 38.5 Å². The largest absolute Gasteiger partial charge is 0.380 e. The average molecular weight is 256 g/mol. The zero-order chi connectivity index (χ0) is 13.4. The molecule has 0 aromatic carbocycles. The molecule has 0 heterocycles. The molecule has 0 amide bonds. The van der Waals surface area contributed by atoms with Crippen molar-refractivity contribution in [3.05, 3.63) is 0 Å². The van der Waals surface area contributed by atoms with Crippen LogP contribution in [0.2, 0.25) is 0 Å². The lowest BCUT2D eigenvalue weighted by atomic mass is 9.76. The molecule has 108 valence electrons.